The summed E-state index contributed by atoms with van der Waals surface area (Å²) in [6.07, 6.45) is 0. The lowest BCUT2D eigenvalue weighted by atomic mass is 9.95. The zero-order valence-electron chi connectivity index (χ0n) is 18.6. The topological polar surface area (TPSA) is 72.2 Å². The zero-order chi connectivity index (χ0) is 22.5. The van der Waals surface area contributed by atoms with E-state index in [9.17, 15) is 4.79 Å². The fourth-order valence-corrected chi connectivity index (χ4v) is 4.93. The van der Waals surface area contributed by atoms with Crippen molar-refractivity contribution in [3.05, 3.63) is 62.5 Å². The van der Waals surface area contributed by atoms with Crippen LogP contribution in [-0.4, -0.2) is 32.9 Å². The molecule has 1 aliphatic heterocycles. The Labute approximate surface area is 191 Å². The van der Waals surface area contributed by atoms with Gasteiger partial charge in [0.2, 0.25) is 5.91 Å². The van der Waals surface area contributed by atoms with Crippen LogP contribution in [0.4, 0.5) is 0 Å². The maximum Gasteiger partial charge on any atom is 0.225 e. The number of fused-ring (bicyclic) bond motifs is 3. The molecule has 0 fully saturated rings. The van der Waals surface area contributed by atoms with Gasteiger partial charge in [0.1, 0.15) is 16.9 Å². The third-order valence-electron chi connectivity index (χ3n) is 5.49. The molecule has 1 atom stereocenters. The second-order valence-corrected chi connectivity index (χ2v) is 10.5. The predicted octanol–water partition coefficient (Wildman–Crippen LogP) is 4.96. The molecule has 3 heterocycles. The predicted molar refractivity (Wildman–Crippen MR) is 126 cm³/mol. The minimum atomic E-state index is -0.483. The summed E-state index contributed by atoms with van der Waals surface area (Å²) in [5.74, 6) is 1.51. The van der Waals surface area contributed by atoms with Gasteiger partial charge >= 0.3 is 0 Å². The van der Waals surface area contributed by atoms with Gasteiger partial charge in [-0.3, -0.25) is 14.4 Å². The number of aryl methyl sites for hydroxylation is 2. The van der Waals surface area contributed by atoms with Gasteiger partial charge in [0.15, 0.2) is 5.82 Å². The molecule has 0 spiro atoms. The maximum atomic E-state index is 12.6. The quantitative estimate of drug-likeness (QED) is 0.606. The molecule has 3 aromatic rings. The number of thiophene rings is 1. The van der Waals surface area contributed by atoms with E-state index in [2.05, 4.69) is 33.9 Å². The monoisotopic (exact) mass is 455 g/mol. The molecule has 1 N–H and O–H groups in total. The van der Waals surface area contributed by atoms with E-state index in [1.54, 1.807) is 11.3 Å². The van der Waals surface area contributed by atoms with Crippen LogP contribution >= 0.6 is 22.9 Å². The number of halogens is 1. The van der Waals surface area contributed by atoms with Gasteiger partial charge < -0.3 is 5.32 Å². The molecule has 4 rings (SSSR count). The first-order valence-electron chi connectivity index (χ1n) is 10.2. The van der Waals surface area contributed by atoms with Crippen molar-refractivity contribution in [3.63, 3.8) is 0 Å². The number of nitrogens with zero attached hydrogens (tertiary/aromatic N) is 4. The molecule has 8 heteroatoms. The Morgan fingerprint density at radius 3 is 2.48 bits per heavy atom. The van der Waals surface area contributed by atoms with Crippen LogP contribution in [0.3, 0.4) is 0 Å². The Kier molecular flexibility index (Phi) is 5.52. The summed E-state index contributed by atoms with van der Waals surface area (Å²) in [7, 11) is 0. The average molecular weight is 456 g/mol. The molecule has 2 aromatic heterocycles. The summed E-state index contributed by atoms with van der Waals surface area (Å²) in [5, 5.41) is 13.6. The minimum absolute atomic E-state index is 0.0235. The lowest BCUT2D eigenvalue weighted by Crippen LogP contribution is -2.37. The molecule has 0 aliphatic carbocycles. The SMILES string of the molecule is Cc1sc2c(c1C)C(c1ccc(Cl)cc1)=N[C@H](CNC(=O)C(C)(C)C)c1nnc(C)n1-2. The van der Waals surface area contributed by atoms with E-state index in [0.717, 1.165) is 33.5 Å². The highest BCUT2D eigenvalue weighted by atomic mass is 35.5. The lowest BCUT2D eigenvalue weighted by molar-refractivity contribution is -0.128. The number of carbonyl (C=O) groups excluding carboxylic acids is 1. The van der Waals surface area contributed by atoms with Crippen LogP contribution in [-0.2, 0) is 4.79 Å². The molecule has 6 nitrogen and oxygen atoms in total. The first kappa shape index (κ1) is 21.7. The fourth-order valence-electron chi connectivity index (χ4n) is 3.59. The number of benzene rings is 1. The highest BCUT2D eigenvalue weighted by molar-refractivity contribution is 7.15. The Morgan fingerprint density at radius 2 is 1.84 bits per heavy atom. The molecule has 0 unspecified atom stereocenters. The van der Waals surface area contributed by atoms with Crippen molar-refractivity contribution < 1.29 is 4.79 Å². The van der Waals surface area contributed by atoms with Crippen LogP contribution < -0.4 is 5.32 Å². The van der Waals surface area contributed by atoms with Gasteiger partial charge in [-0.15, -0.1) is 21.5 Å². The largest absolute Gasteiger partial charge is 0.353 e. The van der Waals surface area contributed by atoms with Crippen LogP contribution in [0.15, 0.2) is 29.3 Å². The fraction of sp³-hybridized carbons (Fsp3) is 0.391. The molecule has 31 heavy (non-hydrogen) atoms. The number of aliphatic imine (C=N–C) groups is 1. The van der Waals surface area contributed by atoms with Crippen molar-refractivity contribution in [1.82, 2.24) is 20.1 Å². The van der Waals surface area contributed by atoms with Crippen molar-refractivity contribution in [2.45, 2.75) is 47.6 Å². The summed E-state index contributed by atoms with van der Waals surface area (Å²) >= 11 is 7.86. The molecule has 0 saturated heterocycles. The van der Waals surface area contributed by atoms with Crippen LogP contribution in [0.2, 0.25) is 5.02 Å². The van der Waals surface area contributed by atoms with Crippen molar-refractivity contribution in [3.8, 4) is 5.00 Å². The van der Waals surface area contributed by atoms with Crippen LogP contribution in [0.1, 0.15) is 60.0 Å². The van der Waals surface area contributed by atoms with E-state index >= 15 is 0 Å². The molecule has 162 valence electrons. The van der Waals surface area contributed by atoms with Gasteiger partial charge in [-0.1, -0.05) is 44.5 Å². The Bertz CT molecular complexity index is 1180. The summed E-state index contributed by atoms with van der Waals surface area (Å²) in [6.45, 7) is 12.2. The van der Waals surface area contributed by atoms with E-state index in [1.807, 2.05) is 52.0 Å². The van der Waals surface area contributed by atoms with E-state index in [1.165, 1.54) is 10.4 Å². The second-order valence-electron chi connectivity index (χ2n) is 8.86. The molecule has 1 aromatic carbocycles. The Morgan fingerprint density at radius 1 is 1.16 bits per heavy atom. The third-order valence-corrected chi connectivity index (χ3v) is 6.94. The normalized spacial score (nSPS) is 15.7. The highest BCUT2D eigenvalue weighted by Gasteiger charge is 2.32. The van der Waals surface area contributed by atoms with E-state index in [4.69, 9.17) is 16.6 Å². The number of rotatable bonds is 3. The number of nitrogens with one attached hydrogen (secondary N) is 1. The standard InChI is InChI=1S/C23H26ClN5OS/c1-12-13(2)31-21-18(12)19(15-7-9-16(24)10-8-15)26-17(11-25-22(30)23(4,5)6)20-28-27-14(3)29(20)21/h7-10,17H,11H2,1-6H3,(H,25,30)/t17-/m1/s1. The minimum Gasteiger partial charge on any atom is -0.353 e. The molecular weight excluding hydrogens is 430 g/mol. The maximum absolute atomic E-state index is 12.6. The molecule has 0 bridgehead atoms. The van der Waals surface area contributed by atoms with Crippen LogP contribution in [0, 0.1) is 26.2 Å². The summed E-state index contributed by atoms with van der Waals surface area (Å²) in [6, 6.07) is 7.36. The van der Waals surface area contributed by atoms with Gasteiger partial charge in [0.25, 0.3) is 0 Å². The first-order chi connectivity index (χ1) is 14.6. The molecule has 1 aliphatic rings. The smallest absolute Gasteiger partial charge is 0.225 e. The van der Waals surface area contributed by atoms with Gasteiger partial charge in [-0.2, -0.15) is 0 Å². The highest BCUT2D eigenvalue weighted by Crippen LogP contribution is 2.38. The number of hydrogen-bond acceptors (Lipinski definition) is 5. The van der Waals surface area contributed by atoms with Gasteiger partial charge in [-0.05, 0) is 38.5 Å². The number of carbonyl (C=O) groups is 1. The zero-order valence-corrected chi connectivity index (χ0v) is 20.1. The van der Waals surface area contributed by atoms with E-state index < -0.39 is 5.41 Å². The van der Waals surface area contributed by atoms with Crippen molar-refractivity contribution in [2.24, 2.45) is 10.4 Å². The number of aromatic nitrogens is 3. The van der Waals surface area contributed by atoms with Crippen molar-refractivity contribution in [2.75, 3.05) is 6.54 Å². The molecule has 0 radical (unpaired) electrons. The number of amides is 1. The van der Waals surface area contributed by atoms with Crippen LogP contribution in [0.5, 0.6) is 0 Å². The van der Waals surface area contributed by atoms with Gasteiger partial charge in [0, 0.05) is 33.0 Å². The lowest BCUT2D eigenvalue weighted by Gasteiger charge is -2.20. The molecular formula is C23H26ClN5OS. The first-order valence-corrected chi connectivity index (χ1v) is 11.4. The van der Waals surface area contributed by atoms with E-state index in [-0.39, 0.29) is 11.9 Å². The second kappa shape index (κ2) is 7.88. The van der Waals surface area contributed by atoms with Crippen molar-refractivity contribution >= 4 is 34.6 Å². The van der Waals surface area contributed by atoms with Gasteiger partial charge in [-0.25, -0.2) is 0 Å². The van der Waals surface area contributed by atoms with Crippen LogP contribution in [0.25, 0.3) is 5.00 Å². The molecule has 0 saturated carbocycles. The summed E-state index contributed by atoms with van der Waals surface area (Å²) < 4.78 is 2.08. The summed E-state index contributed by atoms with van der Waals surface area (Å²) in [4.78, 5) is 18.9. The van der Waals surface area contributed by atoms with E-state index in [0.29, 0.717) is 11.6 Å². The number of hydrogen-bond donors (Lipinski definition) is 1. The Balaban J connectivity index is 1.89. The third kappa shape index (κ3) is 3.92. The van der Waals surface area contributed by atoms with Crippen molar-refractivity contribution in [1.29, 1.82) is 0 Å². The van der Waals surface area contributed by atoms with Gasteiger partial charge in [0.05, 0.1) is 5.71 Å². The Hall–Kier alpha value is -2.51. The molecule has 1 amide bonds. The average Bonchev–Trinajstić information content (AvgIpc) is 3.17. The summed E-state index contributed by atoms with van der Waals surface area (Å²) in [5.41, 5.74) is 3.65.